The van der Waals surface area contributed by atoms with Crippen LogP contribution in [0.15, 0.2) is 82.8 Å². The van der Waals surface area contributed by atoms with Gasteiger partial charge in [-0.2, -0.15) is 0 Å². The molecule has 1 N–H and O–H groups in total. The summed E-state index contributed by atoms with van der Waals surface area (Å²) in [6, 6.07) is 20.5. The van der Waals surface area contributed by atoms with Gasteiger partial charge in [0.25, 0.3) is 0 Å². The zero-order valence-electron chi connectivity index (χ0n) is 16.2. The first-order valence-corrected chi connectivity index (χ1v) is 9.22. The van der Waals surface area contributed by atoms with Crippen LogP contribution in [0.4, 0.5) is 0 Å². The predicted octanol–water partition coefficient (Wildman–Crippen LogP) is 5.09. The molecule has 0 bridgehead atoms. The molecule has 0 aromatic heterocycles. The van der Waals surface area contributed by atoms with Crippen molar-refractivity contribution in [1.29, 1.82) is 0 Å². The van der Waals surface area contributed by atoms with Crippen LogP contribution in [0.25, 0.3) is 0 Å². The third-order valence-electron chi connectivity index (χ3n) is 4.43. The highest BCUT2D eigenvalue weighted by molar-refractivity contribution is 6.11. The van der Waals surface area contributed by atoms with Crippen LogP contribution in [0.1, 0.15) is 38.3 Å². The van der Waals surface area contributed by atoms with E-state index < -0.39 is 0 Å². The van der Waals surface area contributed by atoms with Gasteiger partial charge in [-0.1, -0.05) is 79.7 Å². The lowest BCUT2D eigenvalue weighted by molar-refractivity contribution is 0.492. The van der Waals surface area contributed by atoms with Crippen molar-refractivity contribution < 1.29 is 0 Å². The van der Waals surface area contributed by atoms with Gasteiger partial charge in [0.05, 0.1) is 6.04 Å². The van der Waals surface area contributed by atoms with Gasteiger partial charge < -0.3 is 5.32 Å². The van der Waals surface area contributed by atoms with Crippen molar-refractivity contribution in [2.75, 3.05) is 7.05 Å². The lowest BCUT2D eigenvalue weighted by atomic mass is 10.00. The van der Waals surface area contributed by atoms with E-state index in [0.29, 0.717) is 5.92 Å². The van der Waals surface area contributed by atoms with E-state index >= 15 is 0 Å². The Kier molecular flexibility index (Phi) is 7.81. The van der Waals surface area contributed by atoms with Crippen LogP contribution in [-0.4, -0.2) is 24.8 Å². The average molecular weight is 348 g/mol. The number of benzene rings is 2. The van der Waals surface area contributed by atoms with Gasteiger partial charge in [0.2, 0.25) is 0 Å². The lowest BCUT2D eigenvalue weighted by Crippen LogP contribution is -2.22. The number of hydrogen-bond donors (Lipinski definition) is 1. The highest BCUT2D eigenvalue weighted by Crippen LogP contribution is 2.15. The fourth-order valence-electron chi connectivity index (χ4n) is 2.59. The molecule has 0 amide bonds. The second-order valence-corrected chi connectivity index (χ2v) is 6.42. The molecule has 0 radical (unpaired) electrons. The largest absolute Gasteiger partial charge is 0.373 e. The maximum absolute atomic E-state index is 4.97. The van der Waals surface area contributed by atoms with Crippen LogP contribution in [0.5, 0.6) is 0 Å². The highest BCUT2D eigenvalue weighted by atomic mass is 15.0. The SMILES string of the molecule is C/C=C\CC(C)[C@@H](C)/N=C(\N=C(/NC)c1ccccc1)c1ccccc1. The summed E-state index contributed by atoms with van der Waals surface area (Å²) in [7, 11) is 1.90. The molecule has 0 aliphatic carbocycles. The molecule has 2 atom stereocenters. The van der Waals surface area contributed by atoms with Gasteiger partial charge in [-0.25, -0.2) is 4.99 Å². The van der Waals surface area contributed by atoms with E-state index in [2.05, 4.69) is 62.5 Å². The van der Waals surface area contributed by atoms with Crippen molar-refractivity contribution in [3.8, 4) is 0 Å². The number of nitrogens with zero attached hydrogens (tertiary/aromatic N) is 2. The molecular formula is C23H29N3. The number of allylic oxidation sites excluding steroid dienone is 2. The van der Waals surface area contributed by atoms with E-state index in [4.69, 9.17) is 9.98 Å². The minimum absolute atomic E-state index is 0.180. The zero-order chi connectivity index (χ0) is 18.8. The zero-order valence-corrected chi connectivity index (χ0v) is 16.2. The van der Waals surface area contributed by atoms with Crippen molar-refractivity contribution in [1.82, 2.24) is 5.32 Å². The lowest BCUT2D eigenvalue weighted by Gasteiger charge is -2.16. The molecule has 2 aromatic carbocycles. The minimum Gasteiger partial charge on any atom is -0.373 e. The molecule has 2 aromatic rings. The van der Waals surface area contributed by atoms with Gasteiger partial charge in [0.1, 0.15) is 5.84 Å². The van der Waals surface area contributed by atoms with Gasteiger partial charge in [0.15, 0.2) is 5.84 Å². The Balaban J connectivity index is 2.41. The monoisotopic (exact) mass is 347 g/mol. The second-order valence-electron chi connectivity index (χ2n) is 6.42. The molecule has 3 nitrogen and oxygen atoms in total. The van der Waals surface area contributed by atoms with E-state index in [1.165, 1.54) is 0 Å². The topological polar surface area (TPSA) is 36.8 Å². The summed E-state index contributed by atoms with van der Waals surface area (Å²) >= 11 is 0. The van der Waals surface area contributed by atoms with Crippen LogP contribution in [0.3, 0.4) is 0 Å². The number of amidine groups is 2. The second kappa shape index (κ2) is 10.3. The summed E-state index contributed by atoms with van der Waals surface area (Å²) in [4.78, 5) is 9.84. The molecule has 2 rings (SSSR count). The van der Waals surface area contributed by atoms with Crippen LogP contribution in [-0.2, 0) is 0 Å². The Morgan fingerprint density at radius 2 is 1.54 bits per heavy atom. The summed E-state index contributed by atoms with van der Waals surface area (Å²) in [5, 5.41) is 3.21. The Bertz CT molecular complexity index is 746. The van der Waals surface area contributed by atoms with Crippen molar-refractivity contribution >= 4 is 11.7 Å². The van der Waals surface area contributed by atoms with E-state index in [1.54, 1.807) is 0 Å². The van der Waals surface area contributed by atoms with Gasteiger partial charge in [0, 0.05) is 18.2 Å². The molecule has 0 aliphatic rings. The summed E-state index contributed by atoms with van der Waals surface area (Å²) in [6.07, 6.45) is 5.31. The summed E-state index contributed by atoms with van der Waals surface area (Å²) in [5.41, 5.74) is 2.08. The molecule has 0 fully saturated rings. The van der Waals surface area contributed by atoms with E-state index in [-0.39, 0.29) is 6.04 Å². The molecular weight excluding hydrogens is 318 g/mol. The van der Waals surface area contributed by atoms with E-state index in [9.17, 15) is 0 Å². The molecule has 136 valence electrons. The van der Waals surface area contributed by atoms with E-state index in [1.807, 2.05) is 43.4 Å². The molecule has 26 heavy (non-hydrogen) atoms. The van der Waals surface area contributed by atoms with Crippen molar-refractivity contribution in [3.63, 3.8) is 0 Å². The van der Waals surface area contributed by atoms with Crippen molar-refractivity contribution in [3.05, 3.63) is 83.9 Å². The van der Waals surface area contributed by atoms with Crippen molar-refractivity contribution in [2.45, 2.75) is 33.2 Å². The van der Waals surface area contributed by atoms with E-state index in [0.717, 1.165) is 29.2 Å². The molecule has 0 spiro atoms. The number of aliphatic imine (C=N–C) groups is 2. The Labute approximate surface area is 157 Å². The normalized spacial score (nSPS) is 15.1. The van der Waals surface area contributed by atoms with Crippen LogP contribution in [0.2, 0.25) is 0 Å². The summed E-state index contributed by atoms with van der Waals surface area (Å²) < 4.78 is 0. The molecule has 3 heteroatoms. The fourth-order valence-corrected chi connectivity index (χ4v) is 2.59. The maximum atomic E-state index is 4.97. The maximum Gasteiger partial charge on any atom is 0.157 e. The number of nitrogens with one attached hydrogen (secondary N) is 1. The van der Waals surface area contributed by atoms with Crippen LogP contribution < -0.4 is 5.32 Å². The molecule has 0 heterocycles. The first-order chi connectivity index (χ1) is 12.7. The molecule has 1 unspecified atom stereocenters. The quantitative estimate of drug-likeness (QED) is 0.441. The van der Waals surface area contributed by atoms with Crippen molar-refractivity contribution in [2.24, 2.45) is 15.9 Å². The van der Waals surface area contributed by atoms with Gasteiger partial charge in [-0.05, 0) is 26.2 Å². The van der Waals surface area contributed by atoms with Crippen LogP contribution >= 0.6 is 0 Å². The minimum atomic E-state index is 0.180. The average Bonchev–Trinajstić information content (AvgIpc) is 2.70. The highest BCUT2D eigenvalue weighted by Gasteiger charge is 2.13. The fraction of sp³-hybridized carbons (Fsp3) is 0.304. The molecule has 0 saturated carbocycles. The Morgan fingerprint density at radius 3 is 2.08 bits per heavy atom. The number of hydrogen-bond acceptors (Lipinski definition) is 1. The number of rotatable bonds is 6. The molecule has 0 saturated heterocycles. The summed E-state index contributed by atoms with van der Waals surface area (Å²) in [6.45, 7) is 6.45. The standard InChI is InChI=1S/C23H29N3/c1-5-6-13-18(2)19(3)25-23(21-16-11-8-12-17-21)26-22(24-4)20-14-9-7-10-15-20/h5-12,14-19H,13H2,1-4H3,(H,24,25,26)/b6-5-/t18?,19-/m1/s1. The first-order valence-electron chi connectivity index (χ1n) is 9.22. The first kappa shape index (κ1) is 19.6. The smallest absolute Gasteiger partial charge is 0.157 e. The van der Waals surface area contributed by atoms with Crippen LogP contribution in [0, 0.1) is 5.92 Å². The third-order valence-corrected chi connectivity index (χ3v) is 4.43. The Morgan fingerprint density at radius 1 is 0.962 bits per heavy atom. The van der Waals surface area contributed by atoms with Gasteiger partial charge in [-0.15, -0.1) is 0 Å². The third kappa shape index (κ3) is 5.69. The predicted molar refractivity (Wildman–Crippen MR) is 113 cm³/mol. The van der Waals surface area contributed by atoms with Gasteiger partial charge >= 0.3 is 0 Å². The molecule has 0 aliphatic heterocycles. The summed E-state index contributed by atoms with van der Waals surface area (Å²) in [5.74, 6) is 2.04. The Hall–Kier alpha value is -2.68. The van der Waals surface area contributed by atoms with Gasteiger partial charge in [-0.3, -0.25) is 4.99 Å².